The molecule has 0 aromatic rings. The molecule has 0 N–H and O–H groups in total. The van der Waals surface area contributed by atoms with E-state index in [1.807, 2.05) is 0 Å². The van der Waals surface area contributed by atoms with Gasteiger partial charge in [0.1, 0.15) is 0 Å². The van der Waals surface area contributed by atoms with E-state index >= 15 is 0 Å². The van der Waals surface area contributed by atoms with Crippen LogP contribution in [-0.4, -0.2) is 46.9 Å². The van der Waals surface area contributed by atoms with Gasteiger partial charge in [0.25, 0.3) is 0 Å². The summed E-state index contributed by atoms with van der Waals surface area (Å²) in [5.74, 6) is 0. The summed E-state index contributed by atoms with van der Waals surface area (Å²) in [6, 6.07) is 0. The molecule has 4 heteroatoms. The SMILES string of the molecule is [AlH3].[NaH].[Ti].[V]. The molecule has 0 unspecified atom stereocenters. The summed E-state index contributed by atoms with van der Waals surface area (Å²) in [4.78, 5) is 0. The van der Waals surface area contributed by atoms with Gasteiger partial charge in [-0.3, -0.25) is 0 Å². The third-order valence-electron chi connectivity index (χ3n) is 0. The maximum absolute atomic E-state index is 0. The van der Waals surface area contributed by atoms with E-state index < -0.39 is 0 Å². The van der Waals surface area contributed by atoms with Crippen LogP contribution in [0.4, 0.5) is 0 Å². The van der Waals surface area contributed by atoms with Crippen LogP contribution in [0, 0.1) is 0 Å². The minimum Gasteiger partial charge on any atom is 0 e. The van der Waals surface area contributed by atoms with Crippen molar-refractivity contribution in [3.05, 3.63) is 0 Å². The van der Waals surface area contributed by atoms with Gasteiger partial charge < -0.3 is 0 Å². The minimum absolute atomic E-state index is 0. The van der Waals surface area contributed by atoms with Crippen molar-refractivity contribution in [2.24, 2.45) is 0 Å². The van der Waals surface area contributed by atoms with Gasteiger partial charge in [-0.05, 0) is 0 Å². The first kappa shape index (κ1) is 29.0. The van der Waals surface area contributed by atoms with Crippen molar-refractivity contribution in [3.63, 3.8) is 0 Å². The maximum Gasteiger partial charge on any atom is 0 e. The van der Waals surface area contributed by atoms with Crippen LogP contribution in [0.5, 0.6) is 0 Å². The standard InChI is InChI=1S/Al.Na.Ti.V.4H. The normalized spacial score (nSPS) is 0. The molecule has 0 saturated heterocycles. The molecule has 4 heavy (non-hydrogen) atoms. The molecule has 0 aliphatic heterocycles. The molecular formula is H4AlNaTiV. The molecule has 0 heterocycles. The molecule has 0 bridgehead atoms. The second kappa shape index (κ2) is 17.0. The van der Waals surface area contributed by atoms with Crippen LogP contribution in [0.25, 0.3) is 0 Å². The van der Waals surface area contributed by atoms with E-state index in [2.05, 4.69) is 0 Å². The van der Waals surface area contributed by atoms with Crippen LogP contribution >= 0.6 is 0 Å². The average Bonchev–Trinajstić information content (AvgIpc) is 0. The Morgan fingerprint density at radius 2 is 1.00 bits per heavy atom. The summed E-state index contributed by atoms with van der Waals surface area (Å²) in [6.07, 6.45) is 0. The third kappa shape index (κ3) is 8.85. The third-order valence-corrected chi connectivity index (χ3v) is 0. The average molecular weight is 153 g/mol. The first-order chi connectivity index (χ1) is 0. The smallest absolute Gasteiger partial charge is 0 e. The molecule has 0 fully saturated rings. The zero-order valence-corrected chi connectivity index (χ0v) is 3.91. The van der Waals surface area contributed by atoms with Crippen LogP contribution in [-0.2, 0) is 40.3 Å². The zero-order valence-electron chi connectivity index (χ0n) is 0.947. The van der Waals surface area contributed by atoms with Crippen molar-refractivity contribution in [2.45, 2.75) is 0 Å². The Balaban J connectivity index is 0. The Labute approximate surface area is 85.7 Å². The number of rotatable bonds is 0. The van der Waals surface area contributed by atoms with Crippen LogP contribution in [0.3, 0.4) is 0 Å². The molecule has 0 aliphatic carbocycles. The fraction of sp³-hybridized carbons (Fsp3) is 0. The first-order valence-corrected chi connectivity index (χ1v) is 0. The molecule has 0 nitrogen and oxygen atoms in total. The largest absolute Gasteiger partial charge is 0 e. The molecule has 1 radical (unpaired) electrons. The molecule has 0 rings (SSSR count). The van der Waals surface area contributed by atoms with Crippen LogP contribution in [0.2, 0.25) is 0 Å². The summed E-state index contributed by atoms with van der Waals surface area (Å²) >= 11 is 0. The first-order valence-electron chi connectivity index (χ1n) is 0. The van der Waals surface area contributed by atoms with E-state index in [0.29, 0.717) is 0 Å². The van der Waals surface area contributed by atoms with E-state index in [4.69, 9.17) is 0 Å². The van der Waals surface area contributed by atoms with E-state index in [-0.39, 0.29) is 87.2 Å². The van der Waals surface area contributed by atoms with Gasteiger partial charge in [0.2, 0.25) is 0 Å². The van der Waals surface area contributed by atoms with E-state index in [1.165, 1.54) is 0 Å². The van der Waals surface area contributed by atoms with Gasteiger partial charge in [-0.2, -0.15) is 0 Å². The molecule has 0 aliphatic rings. The van der Waals surface area contributed by atoms with Crippen LogP contribution in [0.15, 0.2) is 0 Å². The Morgan fingerprint density at radius 3 is 1.00 bits per heavy atom. The van der Waals surface area contributed by atoms with Crippen molar-refractivity contribution >= 4 is 46.9 Å². The van der Waals surface area contributed by atoms with Gasteiger partial charge in [0.15, 0.2) is 17.4 Å². The van der Waals surface area contributed by atoms with Crippen molar-refractivity contribution < 1.29 is 40.3 Å². The molecular weight excluding hydrogens is 149 g/mol. The fourth-order valence-corrected chi connectivity index (χ4v) is 0. The van der Waals surface area contributed by atoms with E-state index in [0.717, 1.165) is 0 Å². The summed E-state index contributed by atoms with van der Waals surface area (Å²) in [5, 5.41) is 0. The predicted octanol–water partition coefficient (Wildman–Crippen LogP) is -1.84. The Kier molecular flexibility index (Phi) is 123. The minimum atomic E-state index is 0. The molecule has 0 amide bonds. The monoisotopic (exact) mass is 153 g/mol. The Bertz CT molecular complexity index is 8.00. The van der Waals surface area contributed by atoms with Gasteiger partial charge in [0.05, 0.1) is 0 Å². The quantitative estimate of drug-likeness (QED) is 0.358. The molecule has 0 aromatic carbocycles. The van der Waals surface area contributed by atoms with Gasteiger partial charge in [0, 0.05) is 40.3 Å². The zero-order chi connectivity index (χ0) is 0. The van der Waals surface area contributed by atoms with Gasteiger partial charge in [-0.15, -0.1) is 0 Å². The summed E-state index contributed by atoms with van der Waals surface area (Å²) in [6.45, 7) is 0. The van der Waals surface area contributed by atoms with Gasteiger partial charge in [-0.1, -0.05) is 0 Å². The van der Waals surface area contributed by atoms with Crippen LogP contribution < -0.4 is 0 Å². The number of hydrogen-bond donors (Lipinski definition) is 0. The van der Waals surface area contributed by atoms with Gasteiger partial charge in [-0.25, -0.2) is 0 Å². The van der Waals surface area contributed by atoms with Crippen LogP contribution in [0.1, 0.15) is 0 Å². The Morgan fingerprint density at radius 1 is 1.00 bits per heavy atom. The van der Waals surface area contributed by atoms with Crippen molar-refractivity contribution in [3.8, 4) is 0 Å². The molecule has 0 spiro atoms. The number of hydrogen-bond acceptors (Lipinski definition) is 0. The van der Waals surface area contributed by atoms with Gasteiger partial charge >= 0.3 is 29.6 Å². The van der Waals surface area contributed by atoms with Crippen molar-refractivity contribution in [1.29, 1.82) is 0 Å². The summed E-state index contributed by atoms with van der Waals surface area (Å²) in [7, 11) is 0. The van der Waals surface area contributed by atoms with E-state index in [9.17, 15) is 0 Å². The van der Waals surface area contributed by atoms with E-state index in [1.54, 1.807) is 0 Å². The Hall–Kier alpha value is 2.83. The molecule has 0 atom stereocenters. The fourth-order valence-electron chi connectivity index (χ4n) is 0. The topological polar surface area (TPSA) is 0 Å². The van der Waals surface area contributed by atoms with Crippen molar-refractivity contribution in [2.75, 3.05) is 0 Å². The summed E-state index contributed by atoms with van der Waals surface area (Å²) in [5.41, 5.74) is 0. The maximum atomic E-state index is 0. The molecule has 17 valence electrons. The second-order valence-electron chi connectivity index (χ2n) is 0. The second-order valence-corrected chi connectivity index (χ2v) is 0. The predicted molar refractivity (Wildman–Crippen MR) is 17.1 cm³/mol. The summed E-state index contributed by atoms with van der Waals surface area (Å²) < 4.78 is 0. The van der Waals surface area contributed by atoms with Crippen molar-refractivity contribution in [1.82, 2.24) is 0 Å². The molecule has 0 aromatic heterocycles. The molecule has 0 saturated carbocycles.